The molecule has 1 amide bonds. The zero-order valence-electron chi connectivity index (χ0n) is 15.3. The summed E-state index contributed by atoms with van der Waals surface area (Å²) >= 11 is 0. The maximum Gasteiger partial charge on any atom is 0.261 e. The zero-order chi connectivity index (χ0) is 17.0. The summed E-state index contributed by atoms with van der Waals surface area (Å²) in [7, 11) is -1.20. The Bertz CT molecular complexity index is 691. The molecule has 1 aliphatic heterocycles. The summed E-state index contributed by atoms with van der Waals surface area (Å²) in [6.45, 7) is 4.13. The molecule has 1 heterocycles. The molecule has 0 unspecified atom stereocenters. The fourth-order valence-electron chi connectivity index (χ4n) is 3.84. The van der Waals surface area contributed by atoms with Crippen molar-refractivity contribution in [3.8, 4) is 0 Å². The van der Waals surface area contributed by atoms with Crippen molar-refractivity contribution in [2.75, 3.05) is 23.8 Å². The van der Waals surface area contributed by atoms with E-state index in [4.69, 9.17) is 0 Å². The Hall–Kier alpha value is -0.556. The number of hydrogen-bond acceptors (Lipinski definition) is 1. The Morgan fingerprint density at radius 2 is 1.56 bits per heavy atom. The first kappa shape index (κ1) is 20.8. The summed E-state index contributed by atoms with van der Waals surface area (Å²) in [5.41, 5.74) is 4.68. The smallest absolute Gasteiger partial charge is 0.261 e. The fraction of sp³-hybridized carbons (Fsp3) is 0.381. The van der Waals surface area contributed by atoms with Crippen LogP contribution in [0, 0.1) is 13.8 Å². The van der Waals surface area contributed by atoms with E-state index in [1.165, 1.54) is 30.7 Å². The average molecular weight is 429 g/mol. The molecule has 1 radical (unpaired) electrons. The molecule has 1 aliphatic rings. The first-order valence-corrected chi connectivity index (χ1v) is 11.4. The molecule has 2 nitrogen and oxygen atoms in total. The van der Waals surface area contributed by atoms with Crippen molar-refractivity contribution in [2.45, 2.75) is 32.9 Å². The van der Waals surface area contributed by atoms with Crippen LogP contribution in [-0.2, 0) is 43.7 Å². The minimum atomic E-state index is -1.20. The Balaban J connectivity index is 0.00000225. The Kier molecular flexibility index (Phi) is 7.80. The van der Waals surface area contributed by atoms with E-state index in [1.54, 1.807) is 0 Å². The molecule has 2 aromatic rings. The van der Waals surface area contributed by atoms with E-state index in [0.29, 0.717) is 0 Å². The minimum Gasteiger partial charge on any atom is -0.322 e. The van der Waals surface area contributed by atoms with Crippen LogP contribution in [0.1, 0.15) is 29.5 Å². The molecule has 3 rings (SSSR count). The molecule has 1 saturated heterocycles. The number of aryl methyl sites for hydroxylation is 2. The standard InChI is InChI=1S/C21H26NOP.Y/c1-17-9-8-10-18(2)21(17)22-20(23)16-24(13-6-7-14-24)15-19-11-4-3-5-12-19;/h3-5,8-12H,6-7,13-16H2,1-2H3;/p+1. The van der Waals surface area contributed by atoms with Gasteiger partial charge in [-0.2, -0.15) is 0 Å². The van der Waals surface area contributed by atoms with Crippen LogP contribution in [0.5, 0.6) is 0 Å². The van der Waals surface area contributed by atoms with Gasteiger partial charge < -0.3 is 5.32 Å². The third-order valence-corrected chi connectivity index (χ3v) is 9.62. The third-order valence-electron chi connectivity index (χ3n) is 5.10. The second-order valence-electron chi connectivity index (χ2n) is 7.11. The average Bonchev–Trinajstić information content (AvgIpc) is 3.00. The van der Waals surface area contributed by atoms with Crippen molar-refractivity contribution in [3.63, 3.8) is 0 Å². The molecule has 0 bridgehead atoms. The maximum atomic E-state index is 12.8. The van der Waals surface area contributed by atoms with Gasteiger partial charge in [0.25, 0.3) is 5.91 Å². The van der Waals surface area contributed by atoms with E-state index in [2.05, 4.69) is 61.6 Å². The Morgan fingerprint density at radius 3 is 2.16 bits per heavy atom. The predicted octanol–water partition coefficient (Wildman–Crippen LogP) is 5.25. The normalized spacial score (nSPS) is 15.4. The molecular weight excluding hydrogens is 402 g/mol. The Morgan fingerprint density at radius 1 is 0.960 bits per heavy atom. The molecule has 4 heteroatoms. The number of rotatable bonds is 5. The van der Waals surface area contributed by atoms with Crippen LogP contribution in [0.4, 0.5) is 5.69 Å². The van der Waals surface area contributed by atoms with E-state index < -0.39 is 7.26 Å². The van der Waals surface area contributed by atoms with Crippen molar-refractivity contribution >= 4 is 18.9 Å². The van der Waals surface area contributed by atoms with Gasteiger partial charge in [-0.25, -0.2) is 0 Å². The molecule has 25 heavy (non-hydrogen) atoms. The molecule has 0 aromatic heterocycles. The van der Waals surface area contributed by atoms with Gasteiger partial charge in [0.15, 0.2) is 0 Å². The number of anilines is 1. The molecule has 129 valence electrons. The SMILES string of the molecule is Cc1cccc(C)c1NC(=O)C[P+]1(Cc2ccccc2)CCCC1.[Y]. The number of para-hydroxylation sites is 1. The van der Waals surface area contributed by atoms with Gasteiger partial charge in [0.1, 0.15) is 6.16 Å². The second-order valence-corrected chi connectivity index (χ2v) is 11.3. The number of benzene rings is 2. The topological polar surface area (TPSA) is 29.1 Å². The van der Waals surface area contributed by atoms with Crippen LogP contribution < -0.4 is 5.32 Å². The quantitative estimate of drug-likeness (QED) is 0.647. The van der Waals surface area contributed by atoms with Crippen molar-refractivity contribution in [1.29, 1.82) is 0 Å². The summed E-state index contributed by atoms with van der Waals surface area (Å²) in [5.74, 6) is 0.207. The first-order valence-electron chi connectivity index (χ1n) is 8.83. The molecule has 0 saturated carbocycles. The summed E-state index contributed by atoms with van der Waals surface area (Å²) in [4.78, 5) is 12.8. The van der Waals surface area contributed by atoms with Gasteiger partial charge in [0, 0.05) is 45.7 Å². The van der Waals surface area contributed by atoms with E-state index in [0.717, 1.165) is 29.1 Å². The molecule has 1 fully saturated rings. The van der Waals surface area contributed by atoms with Crippen LogP contribution in [0.2, 0.25) is 0 Å². The molecule has 1 N–H and O–H groups in total. The van der Waals surface area contributed by atoms with Crippen LogP contribution in [0.3, 0.4) is 0 Å². The van der Waals surface area contributed by atoms with Crippen LogP contribution in [0.15, 0.2) is 48.5 Å². The largest absolute Gasteiger partial charge is 0.322 e. The van der Waals surface area contributed by atoms with Gasteiger partial charge in [0.2, 0.25) is 0 Å². The monoisotopic (exact) mass is 429 g/mol. The zero-order valence-corrected chi connectivity index (χ0v) is 19.0. The molecule has 0 atom stereocenters. The van der Waals surface area contributed by atoms with Crippen LogP contribution in [-0.4, -0.2) is 24.4 Å². The van der Waals surface area contributed by atoms with Gasteiger partial charge in [-0.3, -0.25) is 4.79 Å². The third kappa shape index (κ3) is 5.46. The molecule has 0 aliphatic carbocycles. The number of nitrogens with one attached hydrogen (secondary N) is 1. The summed E-state index contributed by atoms with van der Waals surface area (Å²) in [6, 6.07) is 16.9. The Labute approximate surface area is 177 Å². The number of amides is 1. The second kappa shape index (κ2) is 9.40. The van der Waals surface area contributed by atoms with Crippen LogP contribution >= 0.6 is 7.26 Å². The van der Waals surface area contributed by atoms with E-state index >= 15 is 0 Å². The van der Waals surface area contributed by atoms with E-state index in [9.17, 15) is 4.79 Å². The van der Waals surface area contributed by atoms with Gasteiger partial charge >= 0.3 is 0 Å². The summed E-state index contributed by atoms with van der Waals surface area (Å²) < 4.78 is 0. The predicted molar refractivity (Wildman–Crippen MR) is 105 cm³/mol. The van der Waals surface area contributed by atoms with E-state index in [-0.39, 0.29) is 38.6 Å². The number of carbonyl (C=O) groups excluding carboxylic acids is 1. The first-order chi connectivity index (χ1) is 11.6. The maximum absolute atomic E-state index is 12.8. The summed E-state index contributed by atoms with van der Waals surface area (Å²) in [5, 5.41) is 3.20. The fourth-order valence-corrected chi connectivity index (χ4v) is 8.27. The molecule has 0 spiro atoms. The van der Waals surface area contributed by atoms with Crippen molar-refractivity contribution in [3.05, 3.63) is 65.2 Å². The van der Waals surface area contributed by atoms with Gasteiger partial charge in [0.05, 0.1) is 18.5 Å². The van der Waals surface area contributed by atoms with Gasteiger partial charge in [-0.05, 0) is 43.4 Å². The number of hydrogen-bond donors (Lipinski definition) is 1. The molecule has 2 aromatic carbocycles. The van der Waals surface area contributed by atoms with Crippen molar-refractivity contribution in [2.24, 2.45) is 0 Å². The van der Waals surface area contributed by atoms with Gasteiger partial charge in [-0.15, -0.1) is 0 Å². The minimum absolute atomic E-state index is 0. The van der Waals surface area contributed by atoms with Crippen LogP contribution in [0.25, 0.3) is 0 Å². The van der Waals surface area contributed by atoms with Crippen molar-refractivity contribution < 1.29 is 37.5 Å². The summed E-state index contributed by atoms with van der Waals surface area (Å²) in [6.07, 6.45) is 6.96. The van der Waals surface area contributed by atoms with E-state index in [1.807, 2.05) is 6.07 Å². The molecular formula is C21H27NOPY+. The van der Waals surface area contributed by atoms with Crippen molar-refractivity contribution in [1.82, 2.24) is 0 Å². The number of carbonyl (C=O) groups is 1. The van der Waals surface area contributed by atoms with Gasteiger partial charge in [-0.1, -0.05) is 48.5 Å².